The summed E-state index contributed by atoms with van der Waals surface area (Å²) in [5.74, 6) is -1.10. The van der Waals surface area contributed by atoms with Crippen LogP contribution in [0.5, 0.6) is 5.75 Å². The summed E-state index contributed by atoms with van der Waals surface area (Å²) in [5.41, 5.74) is 3.83. The van der Waals surface area contributed by atoms with Crippen molar-refractivity contribution in [2.45, 2.75) is 25.7 Å². The second kappa shape index (κ2) is 8.84. The maximum atomic E-state index is 13.8. The van der Waals surface area contributed by atoms with Crippen molar-refractivity contribution >= 4 is 11.6 Å². The number of carbonyl (C=O) groups is 1. The molecule has 1 aromatic heterocycles. The summed E-state index contributed by atoms with van der Waals surface area (Å²) < 4.78 is 34.1. The normalized spacial score (nSPS) is 16.0. The van der Waals surface area contributed by atoms with E-state index in [1.165, 1.54) is 6.07 Å². The van der Waals surface area contributed by atoms with Gasteiger partial charge in [0.2, 0.25) is 0 Å². The number of aromatic nitrogens is 2. The molecule has 0 radical (unpaired) electrons. The number of methoxy groups -OCH3 is 1. The zero-order chi connectivity index (χ0) is 22.9. The maximum absolute atomic E-state index is 13.8. The summed E-state index contributed by atoms with van der Waals surface area (Å²) in [5, 5.41) is 4.58. The van der Waals surface area contributed by atoms with Crippen molar-refractivity contribution < 1.29 is 18.3 Å². The van der Waals surface area contributed by atoms with Crippen molar-refractivity contribution in [1.29, 1.82) is 0 Å². The average Bonchev–Trinajstić information content (AvgIpc) is 3.36. The van der Waals surface area contributed by atoms with Gasteiger partial charge in [-0.3, -0.25) is 4.79 Å². The molecule has 0 N–H and O–H groups in total. The predicted octanol–water partition coefficient (Wildman–Crippen LogP) is 4.00. The van der Waals surface area contributed by atoms with Gasteiger partial charge in [0.25, 0.3) is 5.91 Å². The second-order valence-corrected chi connectivity index (χ2v) is 8.47. The number of rotatable bonds is 4. The van der Waals surface area contributed by atoms with Crippen LogP contribution >= 0.6 is 0 Å². The number of amides is 1. The zero-order valence-corrected chi connectivity index (χ0v) is 18.6. The summed E-state index contributed by atoms with van der Waals surface area (Å²) in [6, 6.07) is 11.7. The van der Waals surface area contributed by atoms with Crippen LogP contribution in [0.1, 0.15) is 34.6 Å². The molecule has 1 fully saturated rings. The molecule has 2 aromatic carbocycles. The lowest BCUT2D eigenvalue weighted by Crippen LogP contribution is -2.36. The van der Waals surface area contributed by atoms with Crippen molar-refractivity contribution in [3.63, 3.8) is 0 Å². The number of anilines is 1. The summed E-state index contributed by atoms with van der Waals surface area (Å²) in [6.45, 7) is 2.83. The summed E-state index contributed by atoms with van der Waals surface area (Å²) >= 11 is 0. The van der Waals surface area contributed by atoms with Gasteiger partial charge in [-0.2, -0.15) is 5.10 Å². The number of ether oxygens (including phenoxy) is 1. The van der Waals surface area contributed by atoms with Crippen molar-refractivity contribution in [2.24, 2.45) is 0 Å². The van der Waals surface area contributed by atoms with Gasteiger partial charge in [-0.25, -0.2) is 13.5 Å². The number of carbonyl (C=O) groups excluding carboxylic acids is 1. The highest BCUT2D eigenvalue weighted by Gasteiger charge is 2.30. The highest BCUT2D eigenvalue weighted by Crippen LogP contribution is 2.29. The lowest BCUT2D eigenvalue weighted by atomic mass is 10.2. The van der Waals surface area contributed by atoms with Crippen LogP contribution in [0.15, 0.2) is 42.5 Å². The molecule has 1 saturated heterocycles. The Morgan fingerprint density at radius 1 is 0.909 bits per heavy atom. The van der Waals surface area contributed by atoms with Crippen molar-refractivity contribution in [2.75, 3.05) is 38.2 Å². The zero-order valence-electron chi connectivity index (χ0n) is 18.6. The van der Waals surface area contributed by atoms with Gasteiger partial charge in [-0.15, -0.1) is 0 Å². The third kappa shape index (κ3) is 4.05. The van der Waals surface area contributed by atoms with Gasteiger partial charge in [-0.05, 0) is 62.1 Å². The molecular formula is C25H26F2N4O2. The maximum Gasteiger partial charge on any atom is 0.274 e. The van der Waals surface area contributed by atoms with Crippen LogP contribution in [0.25, 0.3) is 5.69 Å². The van der Waals surface area contributed by atoms with Crippen LogP contribution in [0, 0.1) is 11.6 Å². The van der Waals surface area contributed by atoms with Gasteiger partial charge < -0.3 is 14.5 Å². The van der Waals surface area contributed by atoms with Crippen LogP contribution in [0.2, 0.25) is 0 Å². The molecule has 172 valence electrons. The minimum Gasteiger partial charge on any atom is -0.497 e. The monoisotopic (exact) mass is 452 g/mol. The molecule has 2 heterocycles. The van der Waals surface area contributed by atoms with E-state index < -0.39 is 11.6 Å². The number of halogens is 2. The number of nitrogens with zero attached hydrogens (tertiary/aromatic N) is 4. The molecule has 0 atom stereocenters. The van der Waals surface area contributed by atoms with Gasteiger partial charge in [0.1, 0.15) is 5.75 Å². The van der Waals surface area contributed by atoms with E-state index in [0.29, 0.717) is 24.5 Å². The highest BCUT2D eigenvalue weighted by molar-refractivity contribution is 5.94. The van der Waals surface area contributed by atoms with Crippen LogP contribution in [-0.2, 0) is 12.8 Å². The highest BCUT2D eigenvalue weighted by atomic mass is 19.2. The minimum absolute atomic E-state index is 0.0916. The second-order valence-electron chi connectivity index (χ2n) is 8.47. The first-order valence-electron chi connectivity index (χ1n) is 11.3. The molecule has 1 amide bonds. The first kappa shape index (κ1) is 21.4. The Bertz CT molecular complexity index is 1180. The van der Waals surface area contributed by atoms with E-state index in [1.807, 2.05) is 29.2 Å². The first-order valence-corrected chi connectivity index (χ1v) is 11.3. The van der Waals surface area contributed by atoms with E-state index in [1.54, 1.807) is 11.8 Å². The Morgan fingerprint density at radius 3 is 2.45 bits per heavy atom. The number of hydrogen-bond donors (Lipinski definition) is 0. The van der Waals surface area contributed by atoms with E-state index >= 15 is 0 Å². The third-order valence-electron chi connectivity index (χ3n) is 6.50. The standard InChI is InChI=1S/C25H26F2N4O2/c1-33-19-9-6-17(7-10-19)29-12-3-13-30(15-14-29)25(32)24-20-4-2-5-23(20)31(28-24)18-8-11-21(26)22(27)16-18/h6-11,16H,2-5,12-15H2,1H3. The quantitative estimate of drug-likeness (QED) is 0.601. The lowest BCUT2D eigenvalue weighted by Gasteiger charge is -2.23. The molecular weight excluding hydrogens is 426 g/mol. The fourth-order valence-corrected chi connectivity index (χ4v) is 4.76. The Morgan fingerprint density at radius 2 is 1.70 bits per heavy atom. The molecule has 6 nitrogen and oxygen atoms in total. The average molecular weight is 453 g/mol. The largest absolute Gasteiger partial charge is 0.497 e. The number of hydrogen-bond acceptors (Lipinski definition) is 4. The fourth-order valence-electron chi connectivity index (χ4n) is 4.76. The molecule has 33 heavy (non-hydrogen) atoms. The minimum atomic E-state index is -0.922. The lowest BCUT2D eigenvalue weighted by molar-refractivity contribution is 0.0759. The molecule has 1 aliphatic carbocycles. The van der Waals surface area contributed by atoms with Gasteiger partial charge in [0.15, 0.2) is 17.3 Å². The van der Waals surface area contributed by atoms with E-state index in [4.69, 9.17) is 4.74 Å². The van der Waals surface area contributed by atoms with Crippen molar-refractivity contribution in [3.8, 4) is 11.4 Å². The third-order valence-corrected chi connectivity index (χ3v) is 6.50. The van der Waals surface area contributed by atoms with E-state index in [0.717, 1.165) is 73.6 Å². The first-order chi connectivity index (χ1) is 16.0. The molecule has 0 bridgehead atoms. The van der Waals surface area contributed by atoms with Crippen LogP contribution < -0.4 is 9.64 Å². The Balaban J connectivity index is 1.36. The summed E-state index contributed by atoms with van der Waals surface area (Å²) in [6.07, 6.45) is 3.30. The molecule has 0 spiro atoms. The van der Waals surface area contributed by atoms with Gasteiger partial charge in [0, 0.05) is 49.2 Å². The molecule has 8 heteroatoms. The smallest absolute Gasteiger partial charge is 0.274 e. The van der Waals surface area contributed by atoms with Gasteiger partial charge >= 0.3 is 0 Å². The van der Waals surface area contributed by atoms with Gasteiger partial charge in [0.05, 0.1) is 12.8 Å². The molecule has 0 unspecified atom stereocenters. The van der Waals surface area contributed by atoms with E-state index in [2.05, 4.69) is 10.00 Å². The SMILES string of the molecule is COc1ccc(N2CCCN(C(=O)c3nn(-c4ccc(F)c(F)c4)c4c3CCC4)CC2)cc1. The van der Waals surface area contributed by atoms with Crippen LogP contribution in [0.3, 0.4) is 0 Å². The molecule has 2 aliphatic rings. The van der Waals surface area contributed by atoms with Crippen molar-refractivity contribution in [3.05, 3.63) is 71.1 Å². The molecule has 3 aromatic rings. The fraction of sp³-hybridized carbons (Fsp3) is 0.360. The van der Waals surface area contributed by atoms with Crippen molar-refractivity contribution in [1.82, 2.24) is 14.7 Å². The predicted molar refractivity (Wildman–Crippen MR) is 121 cm³/mol. The molecule has 1 aliphatic heterocycles. The van der Waals surface area contributed by atoms with Crippen LogP contribution in [0.4, 0.5) is 14.5 Å². The van der Waals surface area contributed by atoms with E-state index in [-0.39, 0.29) is 5.91 Å². The van der Waals surface area contributed by atoms with Gasteiger partial charge in [-0.1, -0.05) is 0 Å². The Kier molecular flexibility index (Phi) is 5.74. The molecule has 0 saturated carbocycles. The summed E-state index contributed by atoms with van der Waals surface area (Å²) in [4.78, 5) is 17.6. The van der Waals surface area contributed by atoms with Crippen LogP contribution in [-0.4, -0.2) is 53.9 Å². The number of fused-ring (bicyclic) bond motifs is 1. The van der Waals surface area contributed by atoms with E-state index in [9.17, 15) is 13.6 Å². The topological polar surface area (TPSA) is 50.6 Å². The Labute approximate surface area is 191 Å². The number of benzene rings is 2. The molecule has 5 rings (SSSR count). The summed E-state index contributed by atoms with van der Waals surface area (Å²) in [7, 11) is 1.65. The Hall–Kier alpha value is -3.42.